The van der Waals surface area contributed by atoms with Crippen molar-refractivity contribution in [3.8, 4) is 0 Å². The SMILES string of the molecule is CNc1nc(Nc2cnn(C3CCOC[C@H]3F)c2C)ncc1C(F)(F)F. The third kappa shape index (κ3) is 3.57. The molecular weight excluding hydrogens is 356 g/mol. The van der Waals surface area contributed by atoms with E-state index in [9.17, 15) is 17.6 Å². The first-order valence-electron chi connectivity index (χ1n) is 7.96. The lowest BCUT2D eigenvalue weighted by atomic mass is 10.1. The predicted octanol–water partition coefficient (Wildman–Crippen LogP) is 3.09. The molecule has 1 unspecified atom stereocenters. The van der Waals surface area contributed by atoms with E-state index in [-0.39, 0.29) is 18.4 Å². The Hall–Kier alpha value is -2.43. The Morgan fingerprint density at radius 3 is 2.73 bits per heavy atom. The molecule has 142 valence electrons. The fourth-order valence-electron chi connectivity index (χ4n) is 2.81. The van der Waals surface area contributed by atoms with Crippen molar-refractivity contribution in [1.82, 2.24) is 19.7 Å². The van der Waals surface area contributed by atoms with Crippen LogP contribution in [0.4, 0.5) is 35.0 Å². The number of hydrogen-bond donors (Lipinski definition) is 2. The van der Waals surface area contributed by atoms with E-state index in [0.29, 0.717) is 30.6 Å². The highest BCUT2D eigenvalue weighted by Crippen LogP contribution is 2.34. The lowest BCUT2D eigenvalue weighted by Gasteiger charge is -2.27. The molecule has 11 heteroatoms. The first kappa shape index (κ1) is 18.4. The van der Waals surface area contributed by atoms with E-state index >= 15 is 0 Å². The van der Waals surface area contributed by atoms with Crippen molar-refractivity contribution in [3.63, 3.8) is 0 Å². The van der Waals surface area contributed by atoms with E-state index in [1.165, 1.54) is 13.2 Å². The zero-order chi connectivity index (χ0) is 18.9. The topological polar surface area (TPSA) is 76.9 Å². The average molecular weight is 374 g/mol. The van der Waals surface area contributed by atoms with Gasteiger partial charge in [-0.3, -0.25) is 4.68 Å². The van der Waals surface area contributed by atoms with Gasteiger partial charge in [0.1, 0.15) is 17.6 Å². The molecule has 1 aliphatic rings. The summed E-state index contributed by atoms with van der Waals surface area (Å²) in [6.45, 7) is 2.20. The van der Waals surface area contributed by atoms with Crippen molar-refractivity contribution >= 4 is 17.5 Å². The van der Waals surface area contributed by atoms with Gasteiger partial charge in [-0.15, -0.1) is 0 Å². The summed E-state index contributed by atoms with van der Waals surface area (Å²) in [7, 11) is 1.34. The maximum absolute atomic E-state index is 14.1. The third-order valence-electron chi connectivity index (χ3n) is 4.19. The summed E-state index contributed by atoms with van der Waals surface area (Å²) in [5.74, 6) is -0.359. The summed E-state index contributed by atoms with van der Waals surface area (Å²) in [5.41, 5.74) is 0.167. The highest BCUT2D eigenvalue weighted by molar-refractivity contribution is 5.58. The third-order valence-corrected chi connectivity index (χ3v) is 4.19. The van der Waals surface area contributed by atoms with Crippen LogP contribution in [0.1, 0.15) is 23.7 Å². The molecule has 26 heavy (non-hydrogen) atoms. The molecule has 2 aromatic rings. The van der Waals surface area contributed by atoms with Gasteiger partial charge >= 0.3 is 6.18 Å². The number of aromatic nitrogens is 4. The van der Waals surface area contributed by atoms with Crippen molar-refractivity contribution in [2.45, 2.75) is 31.7 Å². The van der Waals surface area contributed by atoms with E-state index in [1.807, 2.05) is 0 Å². The highest BCUT2D eigenvalue weighted by atomic mass is 19.4. The van der Waals surface area contributed by atoms with Gasteiger partial charge in [-0.05, 0) is 13.3 Å². The van der Waals surface area contributed by atoms with Gasteiger partial charge in [0.15, 0.2) is 0 Å². The maximum Gasteiger partial charge on any atom is 0.421 e. The van der Waals surface area contributed by atoms with Crippen LogP contribution in [0.5, 0.6) is 0 Å². The largest absolute Gasteiger partial charge is 0.421 e. The van der Waals surface area contributed by atoms with Gasteiger partial charge in [0, 0.05) is 19.9 Å². The molecule has 0 aromatic carbocycles. The van der Waals surface area contributed by atoms with E-state index in [2.05, 4.69) is 25.7 Å². The van der Waals surface area contributed by atoms with Crippen LogP contribution in [0.2, 0.25) is 0 Å². The fraction of sp³-hybridized carbons (Fsp3) is 0.533. The number of anilines is 3. The molecule has 2 atom stereocenters. The van der Waals surface area contributed by atoms with Crippen LogP contribution in [-0.4, -0.2) is 46.2 Å². The van der Waals surface area contributed by atoms with Crippen molar-refractivity contribution in [3.05, 3.63) is 23.7 Å². The summed E-state index contributed by atoms with van der Waals surface area (Å²) in [6, 6.07) is -0.444. The lowest BCUT2D eigenvalue weighted by Crippen LogP contribution is -2.32. The lowest BCUT2D eigenvalue weighted by molar-refractivity contribution is -0.137. The minimum absolute atomic E-state index is 0.0142. The van der Waals surface area contributed by atoms with Gasteiger partial charge in [-0.1, -0.05) is 0 Å². The molecule has 0 saturated carbocycles. The van der Waals surface area contributed by atoms with Crippen LogP contribution in [0, 0.1) is 6.92 Å². The van der Waals surface area contributed by atoms with Crippen LogP contribution in [0.25, 0.3) is 0 Å². The van der Waals surface area contributed by atoms with Gasteiger partial charge in [-0.2, -0.15) is 23.3 Å². The van der Waals surface area contributed by atoms with E-state index in [0.717, 1.165) is 0 Å². The number of rotatable bonds is 4. The maximum atomic E-state index is 14.1. The van der Waals surface area contributed by atoms with E-state index in [1.54, 1.807) is 11.6 Å². The Labute approximate surface area is 146 Å². The molecule has 2 aromatic heterocycles. The molecule has 3 heterocycles. The van der Waals surface area contributed by atoms with Gasteiger partial charge in [0.25, 0.3) is 0 Å². The van der Waals surface area contributed by atoms with Crippen molar-refractivity contribution in [1.29, 1.82) is 0 Å². The first-order valence-corrected chi connectivity index (χ1v) is 7.96. The van der Waals surface area contributed by atoms with Crippen LogP contribution >= 0.6 is 0 Å². The van der Waals surface area contributed by atoms with E-state index < -0.39 is 24.0 Å². The fourth-order valence-corrected chi connectivity index (χ4v) is 2.81. The highest BCUT2D eigenvalue weighted by Gasteiger charge is 2.35. The number of hydrogen-bond acceptors (Lipinski definition) is 6. The number of nitrogens with zero attached hydrogens (tertiary/aromatic N) is 4. The number of alkyl halides is 4. The second-order valence-corrected chi connectivity index (χ2v) is 5.86. The smallest absolute Gasteiger partial charge is 0.378 e. The molecule has 2 N–H and O–H groups in total. The predicted molar refractivity (Wildman–Crippen MR) is 86.2 cm³/mol. The zero-order valence-electron chi connectivity index (χ0n) is 14.1. The summed E-state index contributed by atoms with van der Waals surface area (Å²) < 4.78 is 59.4. The molecule has 0 aliphatic carbocycles. The minimum Gasteiger partial charge on any atom is -0.378 e. The van der Waals surface area contributed by atoms with Crippen LogP contribution in [0.3, 0.4) is 0 Å². The Morgan fingerprint density at radius 2 is 2.08 bits per heavy atom. The summed E-state index contributed by atoms with van der Waals surface area (Å²) >= 11 is 0. The Bertz CT molecular complexity index is 778. The van der Waals surface area contributed by atoms with E-state index in [4.69, 9.17) is 4.74 Å². The normalized spacial score (nSPS) is 20.8. The summed E-state index contributed by atoms with van der Waals surface area (Å²) in [5, 5.41) is 9.44. The van der Waals surface area contributed by atoms with Gasteiger partial charge in [0.2, 0.25) is 5.95 Å². The van der Waals surface area contributed by atoms with Crippen LogP contribution < -0.4 is 10.6 Å². The molecule has 0 bridgehead atoms. The van der Waals surface area contributed by atoms with Crippen molar-refractivity contribution < 1.29 is 22.3 Å². The first-order chi connectivity index (χ1) is 12.3. The van der Waals surface area contributed by atoms with Crippen LogP contribution in [0.15, 0.2) is 12.4 Å². The monoisotopic (exact) mass is 374 g/mol. The average Bonchev–Trinajstić information content (AvgIpc) is 2.95. The molecular formula is C15H18F4N6O. The van der Waals surface area contributed by atoms with Crippen molar-refractivity contribution in [2.75, 3.05) is 30.9 Å². The Balaban J connectivity index is 1.84. The van der Waals surface area contributed by atoms with Gasteiger partial charge in [0.05, 0.1) is 30.2 Å². The summed E-state index contributed by atoms with van der Waals surface area (Å²) in [4.78, 5) is 7.56. The molecule has 1 aliphatic heterocycles. The number of halogens is 4. The second kappa shape index (κ2) is 7.06. The second-order valence-electron chi connectivity index (χ2n) is 5.86. The quantitative estimate of drug-likeness (QED) is 0.801. The zero-order valence-corrected chi connectivity index (χ0v) is 14.1. The molecule has 0 radical (unpaired) electrons. The molecule has 1 saturated heterocycles. The molecule has 7 nitrogen and oxygen atoms in total. The van der Waals surface area contributed by atoms with Gasteiger partial charge in [-0.25, -0.2) is 9.37 Å². The van der Waals surface area contributed by atoms with Crippen molar-refractivity contribution in [2.24, 2.45) is 0 Å². The Morgan fingerprint density at radius 1 is 1.31 bits per heavy atom. The minimum atomic E-state index is -4.56. The Kier molecular flexibility index (Phi) is 4.99. The number of ether oxygens (including phenoxy) is 1. The summed E-state index contributed by atoms with van der Waals surface area (Å²) in [6.07, 6.45) is -3.07. The van der Waals surface area contributed by atoms with Crippen LogP contribution in [-0.2, 0) is 10.9 Å². The number of nitrogens with one attached hydrogen (secondary N) is 2. The van der Waals surface area contributed by atoms with Gasteiger partial charge < -0.3 is 15.4 Å². The molecule has 0 spiro atoms. The molecule has 0 amide bonds. The molecule has 1 fully saturated rings. The standard InChI is InChI=1S/C15H18F4N6O/c1-8-11(6-22-25(8)12-3-4-26-7-10(12)16)23-14-21-5-9(15(17,18)19)13(20-2)24-14/h5-6,10,12H,3-4,7H2,1-2H3,(H2,20,21,23,24)/t10-,12?/m1/s1. The molecule has 3 rings (SSSR count).